The van der Waals surface area contributed by atoms with E-state index in [0.29, 0.717) is 5.75 Å². The number of amides is 1. The average molecular weight is 426 g/mol. The number of rotatable bonds is 5. The van der Waals surface area contributed by atoms with Crippen LogP contribution in [-0.2, 0) is 11.2 Å². The molecule has 0 aliphatic carbocycles. The standard InChI is InChI=1S/C16H14Br2N2O2/c1-22-15-7-6-14(18)9-12(15)10-19-20-16(21)8-11-2-4-13(17)5-3-11/h2-7,9-10H,8H2,1H3,(H,20,21). The third-order valence-corrected chi connectivity index (χ3v) is 3.88. The lowest BCUT2D eigenvalue weighted by molar-refractivity contribution is -0.120. The van der Waals surface area contributed by atoms with E-state index in [0.717, 1.165) is 20.1 Å². The molecule has 6 heteroatoms. The van der Waals surface area contributed by atoms with Gasteiger partial charge in [-0.3, -0.25) is 4.79 Å². The van der Waals surface area contributed by atoms with E-state index in [1.807, 2.05) is 42.5 Å². The van der Waals surface area contributed by atoms with Crippen molar-refractivity contribution < 1.29 is 9.53 Å². The van der Waals surface area contributed by atoms with Gasteiger partial charge in [0.25, 0.3) is 0 Å². The Morgan fingerprint density at radius 2 is 1.86 bits per heavy atom. The average Bonchev–Trinajstić information content (AvgIpc) is 2.50. The van der Waals surface area contributed by atoms with Crippen molar-refractivity contribution in [3.63, 3.8) is 0 Å². The summed E-state index contributed by atoms with van der Waals surface area (Å²) in [5.41, 5.74) is 4.22. The molecule has 0 aromatic heterocycles. The molecule has 4 nitrogen and oxygen atoms in total. The minimum Gasteiger partial charge on any atom is -0.496 e. The molecular formula is C16H14Br2N2O2. The van der Waals surface area contributed by atoms with Crippen LogP contribution >= 0.6 is 31.9 Å². The van der Waals surface area contributed by atoms with E-state index in [1.165, 1.54) is 0 Å². The summed E-state index contributed by atoms with van der Waals surface area (Å²) in [7, 11) is 1.59. The summed E-state index contributed by atoms with van der Waals surface area (Å²) in [6.07, 6.45) is 1.84. The molecule has 2 rings (SSSR count). The number of ether oxygens (including phenoxy) is 1. The summed E-state index contributed by atoms with van der Waals surface area (Å²) >= 11 is 6.75. The molecule has 1 amide bonds. The van der Waals surface area contributed by atoms with Gasteiger partial charge in [-0.2, -0.15) is 5.10 Å². The Labute approximate surface area is 145 Å². The number of nitrogens with zero attached hydrogens (tertiary/aromatic N) is 1. The third-order valence-electron chi connectivity index (χ3n) is 2.86. The second kappa shape index (κ2) is 8.10. The van der Waals surface area contributed by atoms with Crippen molar-refractivity contribution in [1.29, 1.82) is 0 Å². The van der Waals surface area contributed by atoms with Crippen LogP contribution in [0.25, 0.3) is 0 Å². The molecule has 0 fully saturated rings. The van der Waals surface area contributed by atoms with Gasteiger partial charge < -0.3 is 4.74 Å². The van der Waals surface area contributed by atoms with Gasteiger partial charge in [0.2, 0.25) is 5.91 Å². The predicted molar refractivity (Wildman–Crippen MR) is 94.3 cm³/mol. The molecule has 0 aliphatic heterocycles. The van der Waals surface area contributed by atoms with E-state index in [1.54, 1.807) is 13.3 Å². The summed E-state index contributed by atoms with van der Waals surface area (Å²) in [5.74, 6) is 0.515. The van der Waals surface area contributed by atoms with Gasteiger partial charge in [0.15, 0.2) is 0 Å². The van der Waals surface area contributed by atoms with Crippen molar-refractivity contribution in [2.24, 2.45) is 5.10 Å². The molecular weight excluding hydrogens is 412 g/mol. The number of nitrogens with one attached hydrogen (secondary N) is 1. The van der Waals surface area contributed by atoms with Crippen LogP contribution in [0.3, 0.4) is 0 Å². The summed E-state index contributed by atoms with van der Waals surface area (Å²) in [6.45, 7) is 0. The molecule has 22 heavy (non-hydrogen) atoms. The molecule has 1 N–H and O–H groups in total. The van der Waals surface area contributed by atoms with E-state index in [9.17, 15) is 4.79 Å². The van der Waals surface area contributed by atoms with Gasteiger partial charge in [0.05, 0.1) is 19.7 Å². The van der Waals surface area contributed by atoms with Gasteiger partial charge in [-0.25, -0.2) is 5.43 Å². The lowest BCUT2D eigenvalue weighted by atomic mass is 10.1. The number of hydrogen-bond acceptors (Lipinski definition) is 3. The quantitative estimate of drug-likeness (QED) is 0.583. The first-order chi connectivity index (χ1) is 10.6. The molecule has 0 bridgehead atoms. The van der Waals surface area contributed by atoms with Crippen LogP contribution in [-0.4, -0.2) is 19.2 Å². The number of halogens is 2. The van der Waals surface area contributed by atoms with Crippen LogP contribution in [0.5, 0.6) is 5.75 Å². The van der Waals surface area contributed by atoms with Gasteiger partial charge in [-0.05, 0) is 35.9 Å². The largest absolute Gasteiger partial charge is 0.496 e. The Bertz CT molecular complexity index is 685. The zero-order chi connectivity index (χ0) is 15.9. The minimum absolute atomic E-state index is 0.174. The number of carbonyl (C=O) groups excluding carboxylic acids is 1. The van der Waals surface area contributed by atoms with E-state index in [4.69, 9.17) is 4.74 Å². The van der Waals surface area contributed by atoms with E-state index >= 15 is 0 Å². The highest BCUT2D eigenvalue weighted by molar-refractivity contribution is 9.10. The normalized spacial score (nSPS) is 10.7. The smallest absolute Gasteiger partial charge is 0.244 e. The Hall–Kier alpha value is -1.66. The fourth-order valence-electron chi connectivity index (χ4n) is 1.81. The van der Waals surface area contributed by atoms with Crippen LogP contribution in [0, 0.1) is 0 Å². The zero-order valence-electron chi connectivity index (χ0n) is 11.8. The van der Waals surface area contributed by atoms with Crippen LogP contribution in [0.15, 0.2) is 56.5 Å². The first-order valence-corrected chi connectivity index (χ1v) is 8.07. The number of carbonyl (C=O) groups is 1. The van der Waals surface area contributed by atoms with Crippen molar-refractivity contribution in [3.05, 3.63) is 62.5 Å². The first-order valence-electron chi connectivity index (χ1n) is 6.48. The second-order valence-electron chi connectivity index (χ2n) is 4.48. The van der Waals surface area contributed by atoms with Crippen LogP contribution in [0.4, 0.5) is 0 Å². The molecule has 0 unspecified atom stereocenters. The summed E-state index contributed by atoms with van der Waals surface area (Å²) in [4.78, 5) is 11.8. The highest BCUT2D eigenvalue weighted by Crippen LogP contribution is 2.21. The maximum atomic E-state index is 11.8. The number of hydrazone groups is 1. The maximum absolute atomic E-state index is 11.8. The van der Waals surface area contributed by atoms with Crippen molar-refractivity contribution in [3.8, 4) is 5.75 Å². The molecule has 0 atom stereocenters. The molecule has 2 aromatic rings. The zero-order valence-corrected chi connectivity index (χ0v) is 15.0. The predicted octanol–water partition coefficient (Wildman–Crippen LogP) is 3.91. The Morgan fingerprint density at radius 3 is 2.55 bits per heavy atom. The summed E-state index contributed by atoms with van der Waals surface area (Å²) in [6, 6.07) is 13.2. The molecule has 0 radical (unpaired) electrons. The Balaban J connectivity index is 1.96. The molecule has 0 saturated heterocycles. The second-order valence-corrected chi connectivity index (χ2v) is 6.31. The van der Waals surface area contributed by atoms with Crippen molar-refractivity contribution in [2.45, 2.75) is 6.42 Å². The number of methoxy groups -OCH3 is 1. The monoisotopic (exact) mass is 424 g/mol. The van der Waals surface area contributed by atoms with Crippen LogP contribution in [0.1, 0.15) is 11.1 Å². The topological polar surface area (TPSA) is 50.7 Å². The summed E-state index contributed by atoms with van der Waals surface area (Å²) < 4.78 is 7.13. The lowest BCUT2D eigenvalue weighted by Gasteiger charge is -2.05. The van der Waals surface area contributed by atoms with E-state index in [-0.39, 0.29) is 12.3 Å². The van der Waals surface area contributed by atoms with Gasteiger partial charge in [-0.15, -0.1) is 0 Å². The van der Waals surface area contributed by atoms with Gasteiger partial charge in [-0.1, -0.05) is 44.0 Å². The minimum atomic E-state index is -0.174. The van der Waals surface area contributed by atoms with Gasteiger partial charge in [0.1, 0.15) is 5.75 Å². The van der Waals surface area contributed by atoms with Crippen molar-refractivity contribution in [2.75, 3.05) is 7.11 Å². The van der Waals surface area contributed by atoms with Crippen molar-refractivity contribution >= 4 is 44.0 Å². The third kappa shape index (κ3) is 4.96. The number of hydrogen-bond donors (Lipinski definition) is 1. The SMILES string of the molecule is COc1ccc(Br)cc1C=NNC(=O)Cc1ccc(Br)cc1. The molecule has 114 valence electrons. The fourth-order valence-corrected chi connectivity index (χ4v) is 2.45. The first kappa shape index (κ1) is 16.7. The molecule has 0 saturated carbocycles. The molecule has 0 spiro atoms. The summed E-state index contributed by atoms with van der Waals surface area (Å²) in [5, 5.41) is 3.97. The maximum Gasteiger partial charge on any atom is 0.244 e. The highest BCUT2D eigenvalue weighted by atomic mass is 79.9. The van der Waals surface area contributed by atoms with Gasteiger partial charge in [0, 0.05) is 14.5 Å². The highest BCUT2D eigenvalue weighted by Gasteiger charge is 2.03. The lowest BCUT2D eigenvalue weighted by Crippen LogP contribution is -2.19. The molecule has 0 heterocycles. The van der Waals surface area contributed by atoms with Gasteiger partial charge >= 0.3 is 0 Å². The van der Waals surface area contributed by atoms with E-state index in [2.05, 4.69) is 42.4 Å². The molecule has 2 aromatic carbocycles. The fraction of sp³-hybridized carbons (Fsp3) is 0.125. The van der Waals surface area contributed by atoms with Crippen LogP contribution in [0.2, 0.25) is 0 Å². The Morgan fingerprint density at radius 1 is 1.18 bits per heavy atom. The van der Waals surface area contributed by atoms with E-state index < -0.39 is 0 Å². The van der Waals surface area contributed by atoms with Crippen molar-refractivity contribution in [1.82, 2.24) is 5.43 Å². The van der Waals surface area contributed by atoms with Crippen LogP contribution < -0.4 is 10.2 Å². The Kier molecular flexibility index (Phi) is 6.15. The molecule has 0 aliphatic rings. The number of benzene rings is 2.